The molecule has 45 heteroatoms. The van der Waals surface area contributed by atoms with Gasteiger partial charge < -0.3 is 135 Å². The van der Waals surface area contributed by atoms with Crippen LogP contribution in [0.3, 0.4) is 0 Å². The van der Waals surface area contributed by atoms with Crippen molar-refractivity contribution in [3.8, 4) is 0 Å². The SMILES string of the molecule is CC[C@H](C)[C@H](NC(=O)[C@H](CC(C)C)NC(=O)[C@H](C)NC(=O)[C@H](CCCN=C(N)N)NC(=O)[C@H](CCCN=C(N)N)NC(=O)[C@H](CC(N)=O)NC(=O)CNC(=O)[C@H](CC(C)C)NC(=O)[C@H](CO)NC(=O)[C@H](Cc1cnc[nH]1)NC(=O)[C@@H](N)[C@@H](C)O)C(=O)N[C@@H](CC(C)C)C(=O)N[C@@H](CC(C)C)C(=O)N[C@@H](C)C(=O)N[C@@H](CCC(N)=O)C(=O)O. The van der Waals surface area contributed by atoms with Crippen LogP contribution in [0.4, 0.5) is 0 Å². The van der Waals surface area contributed by atoms with E-state index >= 15 is 0 Å². The highest BCUT2D eigenvalue weighted by Gasteiger charge is 2.39. The Bertz CT molecular complexity index is 3550. The van der Waals surface area contributed by atoms with E-state index in [0.717, 1.165) is 0 Å². The van der Waals surface area contributed by atoms with Gasteiger partial charge in [0.05, 0.1) is 32.0 Å². The lowest BCUT2D eigenvalue weighted by Gasteiger charge is -2.30. The standard InChI is InChI=1S/C72H127N25O20/c1-14-37(10)56(69(115)95-47(25-35(6)7)63(109)93-46(24-34(4)5)62(108)86-38(11)57(103)90-44(70(116)117)19-20-52(73)100)97-66(112)48(26-36(8)9)91-58(104)39(12)85-60(106)42(17-15-21-81-71(76)77)88-61(107)43(18-16-22-82-72(78)79)89-65(111)50(28-53(74)101)87-54(102)30-83-59(105)45(23-33(2)3)92-67(113)51(31-98)96-64(110)49(27-41-29-80-32-84-41)94-68(114)55(75)40(13)99/h29,32-40,42-51,55-56,98-99H,14-28,30-31,75H2,1-13H3,(H2,73,100)(H2,74,101)(H,80,84)(H,83,105)(H,85,106)(H,86,108)(H,87,102)(H,88,107)(H,89,111)(H,90,103)(H,91,104)(H,92,113)(H,93,109)(H,94,114)(H,95,115)(H,96,110)(H,97,112)(H,116,117)(H4,76,77,81)(H4,78,79,82)/t37-,38-,39-,40+,42-,43-,44-,45-,46-,47-,48-,49-,50-,51-,55-,56-/m0/s1. The van der Waals surface area contributed by atoms with Crippen LogP contribution in [0.1, 0.15) is 173 Å². The van der Waals surface area contributed by atoms with Gasteiger partial charge in [-0.2, -0.15) is 0 Å². The summed E-state index contributed by atoms with van der Waals surface area (Å²) in [6, 6.07) is -20.7. The number of aliphatic hydroxyl groups is 2. The number of carboxylic acid groups (broad SMARTS) is 1. The lowest BCUT2D eigenvalue weighted by atomic mass is 9.95. The fourth-order valence-corrected chi connectivity index (χ4v) is 11.3. The smallest absolute Gasteiger partial charge is 0.326 e. The third-order valence-corrected chi connectivity index (χ3v) is 17.8. The molecule has 660 valence electrons. The number of nitrogens with zero attached hydrogens (tertiary/aromatic N) is 3. The maximum absolute atomic E-state index is 14.5. The van der Waals surface area contributed by atoms with Crippen molar-refractivity contribution in [2.75, 3.05) is 26.2 Å². The number of aliphatic imine (C=N–C) groups is 2. The predicted molar refractivity (Wildman–Crippen MR) is 425 cm³/mol. The van der Waals surface area contributed by atoms with Crippen LogP contribution in [0.25, 0.3) is 0 Å². The van der Waals surface area contributed by atoms with Gasteiger partial charge in [-0.1, -0.05) is 75.7 Å². The topological polar surface area (TPSA) is 755 Å². The van der Waals surface area contributed by atoms with Crippen LogP contribution in [0.15, 0.2) is 22.5 Å². The zero-order valence-corrected chi connectivity index (χ0v) is 68.9. The summed E-state index contributed by atoms with van der Waals surface area (Å²) in [5.41, 5.74) is 39.0. The number of hydrogen-bond acceptors (Lipinski definition) is 23. The van der Waals surface area contributed by atoms with E-state index in [4.69, 9.17) is 40.1 Å². The Morgan fingerprint density at radius 1 is 0.436 bits per heavy atom. The molecule has 0 radical (unpaired) electrons. The van der Waals surface area contributed by atoms with Gasteiger partial charge in [0.25, 0.3) is 0 Å². The molecule has 16 amide bonds. The molecule has 0 aromatic carbocycles. The highest BCUT2D eigenvalue weighted by atomic mass is 16.4. The first-order valence-corrected chi connectivity index (χ1v) is 38.7. The highest BCUT2D eigenvalue weighted by molar-refractivity contribution is 6.01. The quantitative estimate of drug-likeness (QED) is 0.0164. The number of rotatable bonds is 56. The summed E-state index contributed by atoms with van der Waals surface area (Å²) in [4.78, 5) is 245. The Morgan fingerprint density at radius 2 is 0.812 bits per heavy atom. The summed E-state index contributed by atoms with van der Waals surface area (Å²) < 4.78 is 0. The monoisotopic (exact) mass is 1660 g/mol. The summed E-state index contributed by atoms with van der Waals surface area (Å²) in [6.45, 7) is 19.0. The molecule has 0 bridgehead atoms. The number of hydrogen-bond donors (Lipinski definition) is 25. The Hall–Kier alpha value is -11.4. The fourth-order valence-electron chi connectivity index (χ4n) is 11.3. The second kappa shape index (κ2) is 53.0. The number of carbonyl (C=O) groups excluding carboxylic acids is 16. The minimum absolute atomic E-state index is 0.0102. The van der Waals surface area contributed by atoms with Crippen molar-refractivity contribution in [1.29, 1.82) is 0 Å². The molecule has 117 heavy (non-hydrogen) atoms. The van der Waals surface area contributed by atoms with Gasteiger partial charge in [0.1, 0.15) is 84.6 Å². The summed E-state index contributed by atoms with van der Waals surface area (Å²) in [5, 5.41) is 64.5. The molecule has 1 aromatic rings. The number of carboxylic acids is 1. The molecule has 1 rings (SSSR count). The molecular weight excluding hydrogens is 1530 g/mol. The molecule has 0 aliphatic carbocycles. The first-order chi connectivity index (χ1) is 54.6. The van der Waals surface area contributed by atoms with Crippen molar-refractivity contribution in [1.82, 2.24) is 84.4 Å². The zero-order chi connectivity index (χ0) is 89.3. The summed E-state index contributed by atoms with van der Waals surface area (Å²) >= 11 is 0. The molecule has 0 saturated heterocycles. The van der Waals surface area contributed by atoms with Gasteiger partial charge in [-0.25, -0.2) is 9.78 Å². The Morgan fingerprint density at radius 3 is 1.22 bits per heavy atom. The van der Waals surface area contributed by atoms with Crippen LogP contribution < -0.4 is 115 Å². The van der Waals surface area contributed by atoms with Gasteiger partial charge in [-0.05, 0) is 108 Å². The second-order valence-electron chi connectivity index (χ2n) is 30.4. The molecule has 45 nitrogen and oxygen atoms in total. The molecule has 32 N–H and O–H groups in total. The molecular formula is C72H127N25O20. The lowest BCUT2D eigenvalue weighted by Crippen LogP contribution is -2.61. The number of guanidine groups is 2. The van der Waals surface area contributed by atoms with Crippen LogP contribution in [0.2, 0.25) is 0 Å². The largest absolute Gasteiger partial charge is 0.480 e. The van der Waals surface area contributed by atoms with Gasteiger partial charge in [0.2, 0.25) is 94.5 Å². The number of aliphatic carboxylic acids is 1. The molecule has 0 saturated carbocycles. The number of nitrogens with two attached hydrogens (primary N) is 7. The van der Waals surface area contributed by atoms with E-state index in [2.05, 4.69) is 94.4 Å². The van der Waals surface area contributed by atoms with E-state index in [-0.39, 0.29) is 119 Å². The first kappa shape index (κ1) is 104. The molecule has 0 aliphatic rings. The number of primary amides is 2. The number of nitrogens with one attached hydrogen (secondary N) is 15. The number of imidazole rings is 1. The zero-order valence-electron chi connectivity index (χ0n) is 68.9. The summed E-state index contributed by atoms with van der Waals surface area (Å²) in [7, 11) is 0. The van der Waals surface area contributed by atoms with Crippen LogP contribution in [-0.4, -0.2) is 255 Å². The van der Waals surface area contributed by atoms with E-state index < -0.39 is 217 Å². The normalized spacial score (nSPS) is 15.3. The van der Waals surface area contributed by atoms with Gasteiger partial charge >= 0.3 is 5.97 Å². The Kier molecular flexibility index (Phi) is 46.9. The average molecular weight is 1660 g/mol. The van der Waals surface area contributed by atoms with Crippen LogP contribution in [-0.2, 0) is 87.9 Å². The molecule has 1 aromatic heterocycles. The van der Waals surface area contributed by atoms with Crippen molar-refractivity contribution < 1.29 is 96.8 Å². The number of aromatic amines is 1. The maximum Gasteiger partial charge on any atom is 0.326 e. The number of carbonyl (C=O) groups is 17. The summed E-state index contributed by atoms with van der Waals surface area (Å²) in [5.74, 6) is -19.1. The average Bonchev–Trinajstić information content (AvgIpc) is 1.06. The molecule has 0 fully saturated rings. The highest BCUT2D eigenvalue weighted by Crippen LogP contribution is 2.16. The van der Waals surface area contributed by atoms with Crippen molar-refractivity contribution in [3.63, 3.8) is 0 Å². The third kappa shape index (κ3) is 41.2. The maximum atomic E-state index is 14.5. The molecule has 0 aliphatic heterocycles. The number of aliphatic hydroxyl groups excluding tert-OH is 2. The molecule has 0 spiro atoms. The van der Waals surface area contributed by atoms with E-state index in [1.807, 2.05) is 0 Å². The second-order valence-corrected chi connectivity index (χ2v) is 30.4. The van der Waals surface area contributed by atoms with E-state index in [0.29, 0.717) is 12.1 Å². The molecule has 16 atom stereocenters. The minimum Gasteiger partial charge on any atom is -0.480 e. The van der Waals surface area contributed by atoms with Crippen molar-refractivity contribution >= 4 is 112 Å². The summed E-state index contributed by atoms with van der Waals surface area (Å²) in [6.07, 6.45) is -0.698. The van der Waals surface area contributed by atoms with E-state index in [1.165, 1.54) is 33.3 Å². The van der Waals surface area contributed by atoms with E-state index in [1.54, 1.807) is 69.2 Å². The van der Waals surface area contributed by atoms with E-state index in [9.17, 15) is 96.8 Å². The van der Waals surface area contributed by atoms with Crippen LogP contribution in [0.5, 0.6) is 0 Å². The van der Waals surface area contributed by atoms with Gasteiger partial charge in [-0.3, -0.25) is 86.7 Å². The fraction of sp³-hybridized carbons (Fsp3) is 0.694. The van der Waals surface area contributed by atoms with Crippen LogP contribution in [0, 0.1) is 29.6 Å². The molecule has 0 unspecified atom stereocenters. The third-order valence-electron chi connectivity index (χ3n) is 17.8. The first-order valence-electron chi connectivity index (χ1n) is 38.7. The van der Waals surface area contributed by atoms with Gasteiger partial charge in [0, 0.05) is 37.8 Å². The lowest BCUT2D eigenvalue weighted by molar-refractivity contribution is -0.142. The van der Waals surface area contributed by atoms with Crippen molar-refractivity contribution in [2.24, 2.45) is 79.7 Å². The Balaban J connectivity index is 3.56. The van der Waals surface area contributed by atoms with Crippen LogP contribution >= 0.6 is 0 Å². The number of H-pyrrole nitrogens is 1. The molecule has 1 heterocycles. The van der Waals surface area contributed by atoms with Crippen molar-refractivity contribution in [2.45, 2.75) is 264 Å². The van der Waals surface area contributed by atoms with Gasteiger partial charge in [0.15, 0.2) is 11.9 Å². The Labute approximate surface area is 679 Å². The predicted octanol–water partition coefficient (Wildman–Crippen LogP) is -8.33. The minimum atomic E-state index is -1.85. The number of amides is 16. The van der Waals surface area contributed by atoms with Gasteiger partial charge in [-0.15, -0.1) is 0 Å². The number of aromatic nitrogens is 2. The van der Waals surface area contributed by atoms with Crippen molar-refractivity contribution in [3.05, 3.63) is 18.2 Å².